The molecule has 0 radical (unpaired) electrons. The zero-order chi connectivity index (χ0) is 12.3. The van der Waals surface area contributed by atoms with Gasteiger partial charge in [0.2, 0.25) is 0 Å². The van der Waals surface area contributed by atoms with Crippen LogP contribution in [0.5, 0.6) is 0 Å². The molecule has 1 fully saturated rings. The van der Waals surface area contributed by atoms with Gasteiger partial charge in [0, 0.05) is 12.5 Å². The Hall–Kier alpha value is -0.610. The summed E-state index contributed by atoms with van der Waals surface area (Å²) in [6.45, 7) is 6.25. The summed E-state index contributed by atoms with van der Waals surface area (Å²) in [6, 6.07) is 0. The van der Waals surface area contributed by atoms with E-state index in [1.165, 1.54) is 7.11 Å². The molecule has 1 aliphatic rings. The van der Waals surface area contributed by atoms with Crippen molar-refractivity contribution < 1.29 is 19.4 Å². The number of methoxy groups -OCH3 is 1. The van der Waals surface area contributed by atoms with Gasteiger partial charge in [-0.1, -0.05) is 13.8 Å². The third kappa shape index (κ3) is 2.38. The summed E-state index contributed by atoms with van der Waals surface area (Å²) in [6.07, 6.45) is 1.49. The smallest absolute Gasteiger partial charge is 0.338 e. The molecule has 3 atom stereocenters. The first-order valence-electron chi connectivity index (χ1n) is 5.85. The number of carbonyl (C=O) groups is 1. The molecule has 0 amide bonds. The summed E-state index contributed by atoms with van der Waals surface area (Å²) in [5.41, 5.74) is -1.38. The highest BCUT2D eigenvalue weighted by atomic mass is 16.5. The van der Waals surface area contributed by atoms with Crippen molar-refractivity contribution in [3.8, 4) is 0 Å². The minimum Gasteiger partial charge on any atom is -0.467 e. The number of hydrogen-bond acceptors (Lipinski definition) is 4. The molecule has 0 bridgehead atoms. The van der Waals surface area contributed by atoms with E-state index in [1.54, 1.807) is 0 Å². The monoisotopic (exact) mass is 230 g/mol. The Morgan fingerprint density at radius 3 is 2.62 bits per heavy atom. The predicted molar refractivity (Wildman–Crippen MR) is 59.9 cm³/mol. The second-order valence-electron chi connectivity index (χ2n) is 4.87. The second-order valence-corrected chi connectivity index (χ2v) is 4.87. The standard InChI is InChI=1S/C12H22O4/c1-8(2)12(14,11(13)15-4)10-5-6-16-9(3)7-10/h8-10,14H,5-7H2,1-4H3. The van der Waals surface area contributed by atoms with Gasteiger partial charge in [-0.25, -0.2) is 4.79 Å². The van der Waals surface area contributed by atoms with Crippen molar-refractivity contribution >= 4 is 5.97 Å². The van der Waals surface area contributed by atoms with Crippen LogP contribution in [0.25, 0.3) is 0 Å². The van der Waals surface area contributed by atoms with E-state index in [4.69, 9.17) is 9.47 Å². The van der Waals surface area contributed by atoms with Crippen LogP contribution >= 0.6 is 0 Å². The topological polar surface area (TPSA) is 55.8 Å². The molecule has 1 saturated heterocycles. The van der Waals surface area contributed by atoms with E-state index in [2.05, 4.69) is 0 Å². The minimum atomic E-state index is -1.38. The van der Waals surface area contributed by atoms with Crippen LogP contribution in [0, 0.1) is 11.8 Å². The molecular formula is C12H22O4. The van der Waals surface area contributed by atoms with E-state index in [0.717, 1.165) is 0 Å². The van der Waals surface area contributed by atoms with E-state index in [0.29, 0.717) is 19.4 Å². The highest BCUT2D eigenvalue weighted by Crippen LogP contribution is 2.36. The fourth-order valence-corrected chi connectivity index (χ4v) is 2.44. The predicted octanol–water partition coefficient (Wildman–Crippen LogP) is 1.36. The van der Waals surface area contributed by atoms with Gasteiger partial charge in [-0.2, -0.15) is 0 Å². The molecule has 4 heteroatoms. The maximum atomic E-state index is 11.8. The molecule has 1 aliphatic heterocycles. The van der Waals surface area contributed by atoms with E-state index in [-0.39, 0.29) is 17.9 Å². The Morgan fingerprint density at radius 1 is 1.56 bits per heavy atom. The fourth-order valence-electron chi connectivity index (χ4n) is 2.44. The molecule has 1 rings (SSSR count). The zero-order valence-electron chi connectivity index (χ0n) is 10.5. The molecule has 94 valence electrons. The highest BCUT2D eigenvalue weighted by Gasteiger charge is 2.48. The normalized spacial score (nSPS) is 29.9. The summed E-state index contributed by atoms with van der Waals surface area (Å²) in [5, 5.41) is 10.6. The second kappa shape index (κ2) is 5.15. The van der Waals surface area contributed by atoms with Crippen molar-refractivity contribution in [3.63, 3.8) is 0 Å². The third-order valence-electron chi connectivity index (χ3n) is 3.50. The van der Waals surface area contributed by atoms with Gasteiger partial charge in [-0.3, -0.25) is 0 Å². The number of aliphatic hydroxyl groups is 1. The molecule has 0 aliphatic carbocycles. The molecule has 16 heavy (non-hydrogen) atoms. The Morgan fingerprint density at radius 2 is 2.19 bits per heavy atom. The van der Waals surface area contributed by atoms with E-state index >= 15 is 0 Å². The lowest BCUT2D eigenvalue weighted by atomic mass is 9.73. The van der Waals surface area contributed by atoms with Crippen molar-refractivity contribution in [2.24, 2.45) is 11.8 Å². The van der Waals surface area contributed by atoms with Crippen LogP contribution in [0.15, 0.2) is 0 Å². The van der Waals surface area contributed by atoms with Gasteiger partial charge in [-0.15, -0.1) is 0 Å². The average molecular weight is 230 g/mol. The summed E-state index contributed by atoms with van der Waals surface area (Å²) >= 11 is 0. The maximum Gasteiger partial charge on any atom is 0.338 e. The van der Waals surface area contributed by atoms with Crippen molar-refractivity contribution in [2.45, 2.75) is 45.3 Å². The first-order chi connectivity index (χ1) is 7.42. The van der Waals surface area contributed by atoms with Gasteiger partial charge < -0.3 is 14.6 Å². The maximum absolute atomic E-state index is 11.8. The SMILES string of the molecule is COC(=O)C(O)(C(C)C)C1CCOC(C)C1. The van der Waals surface area contributed by atoms with Crippen LogP contribution in [0.3, 0.4) is 0 Å². The lowest BCUT2D eigenvalue weighted by molar-refractivity contribution is -0.182. The Kier molecular flexibility index (Phi) is 4.33. The van der Waals surface area contributed by atoms with Crippen LogP contribution in [0.2, 0.25) is 0 Å². The van der Waals surface area contributed by atoms with Crippen LogP contribution in [0.4, 0.5) is 0 Å². The van der Waals surface area contributed by atoms with Crippen molar-refractivity contribution in [1.29, 1.82) is 0 Å². The van der Waals surface area contributed by atoms with Crippen molar-refractivity contribution in [3.05, 3.63) is 0 Å². The third-order valence-corrected chi connectivity index (χ3v) is 3.50. The molecule has 3 unspecified atom stereocenters. The van der Waals surface area contributed by atoms with E-state index in [9.17, 15) is 9.90 Å². The van der Waals surface area contributed by atoms with Gasteiger partial charge in [-0.05, 0) is 25.7 Å². The Bertz CT molecular complexity index is 251. The number of esters is 1. The summed E-state index contributed by atoms with van der Waals surface area (Å²) in [4.78, 5) is 11.8. The number of carbonyl (C=O) groups excluding carboxylic acids is 1. The minimum absolute atomic E-state index is 0.0799. The van der Waals surface area contributed by atoms with Crippen LogP contribution in [0.1, 0.15) is 33.6 Å². The molecule has 0 saturated carbocycles. The molecular weight excluding hydrogens is 208 g/mol. The first kappa shape index (κ1) is 13.5. The molecule has 0 aromatic rings. The van der Waals surface area contributed by atoms with Crippen LogP contribution < -0.4 is 0 Å². The van der Waals surface area contributed by atoms with Crippen LogP contribution in [-0.2, 0) is 14.3 Å². The molecule has 0 aromatic heterocycles. The highest BCUT2D eigenvalue weighted by molar-refractivity contribution is 5.80. The average Bonchev–Trinajstić information content (AvgIpc) is 2.26. The first-order valence-corrected chi connectivity index (χ1v) is 5.85. The Balaban J connectivity index is 2.88. The van der Waals surface area contributed by atoms with Gasteiger partial charge in [0.25, 0.3) is 0 Å². The Labute approximate surface area is 96.9 Å². The van der Waals surface area contributed by atoms with Crippen molar-refractivity contribution in [1.82, 2.24) is 0 Å². The molecule has 0 spiro atoms. The molecule has 4 nitrogen and oxygen atoms in total. The van der Waals surface area contributed by atoms with Crippen LogP contribution in [-0.4, -0.2) is 36.5 Å². The molecule has 1 N–H and O–H groups in total. The quantitative estimate of drug-likeness (QED) is 0.744. The molecule has 1 heterocycles. The van der Waals surface area contributed by atoms with E-state index < -0.39 is 11.6 Å². The fraction of sp³-hybridized carbons (Fsp3) is 0.917. The summed E-state index contributed by atoms with van der Waals surface area (Å²) in [5.74, 6) is -0.763. The number of ether oxygens (including phenoxy) is 2. The van der Waals surface area contributed by atoms with Gasteiger partial charge in [0.1, 0.15) is 0 Å². The summed E-state index contributed by atoms with van der Waals surface area (Å²) in [7, 11) is 1.32. The number of rotatable bonds is 3. The van der Waals surface area contributed by atoms with Gasteiger partial charge in [0.15, 0.2) is 5.60 Å². The van der Waals surface area contributed by atoms with Gasteiger partial charge in [0.05, 0.1) is 13.2 Å². The summed E-state index contributed by atoms with van der Waals surface area (Å²) < 4.78 is 10.2. The lowest BCUT2D eigenvalue weighted by Gasteiger charge is -2.40. The van der Waals surface area contributed by atoms with E-state index in [1.807, 2.05) is 20.8 Å². The largest absolute Gasteiger partial charge is 0.467 e. The molecule has 0 aromatic carbocycles. The van der Waals surface area contributed by atoms with Crippen molar-refractivity contribution in [2.75, 3.05) is 13.7 Å². The lowest BCUT2D eigenvalue weighted by Crippen LogP contribution is -2.53. The van der Waals surface area contributed by atoms with Gasteiger partial charge >= 0.3 is 5.97 Å². The number of hydrogen-bond donors (Lipinski definition) is 1. The zero-order valence-corrected chi connectivity index (χ0v) is 10.5.